The van der Waals surface area contributed by atoms with Crippen molar-refractivity contribution >= 4 is 0 Å². The SMILES string of the molecule is Cc1c(COc2cc(OCc3cccc(C#N)c3)c(CN3CC4(COC4)C3)c3c2CCC3)cccc1-c1ccccc1. The summed E-state index contributed by atoms with van der Waals surface area (Å²) in [4.78, 5) is 2.53. The Kier molecular flexibility index (Phi) is 7.19. The highest BCUT2D eigenvalue weighted by Crippen LogP contribution is 2.44. The van der Waals surface area contributed by atoms with Crippen LogP contribution in [0.4, 0.5) is 0 Å². The first-order valence-electron chi connectivity index (χ1n) is 15.0. The first-order chi connectivity index (χ1) is 20.6. The Bertz CT molecular complexity index is 1640. The zero-order valence-corrected chi connectivity index (χ0v) is 24.2. The van der Waals surface area contributed by atoms with E-state index >= 15 is 0 Å². The van der Waals surface area contributed by atoms with Gasteiger partial charge in [0.25, 0.3) is 0 Å². The predicted molar refractivity (Wildman–Crippen MR) is 163 cm³/mol. The first-order valence-corrected chi connectivity index (χ1v) is 15.0. The van der Waals surface area contributed by atoms with E-state index in [9.17, 15) is 5.26 Å². The van der Waals surface area contributed by atoms with Gasteiger partial charge in [-0.1, -0.05) is 60.7 Å². The molecule has 2 saturated heterocycles. The molecule has 0 saturated carbocycles. The molecule has 7 rings (SSSR count). The van der Waals surface area contributed by atoms with Crippen molar-refractivity contribution in [1.82, 2.24) is 4.90 Å². The van der Waals surface area contributed by atoms with Crippen LogP contribution in [0.3, 0.4) is 0 Å². The summed E-state index contributed by atoms with van der Waals surface area (Å²) in [5, 5.41) is 9.37. The van der Waals surface area contributed by atoms with Crippen LogP contribution < -0.4 is 9.47 Å². The maximum Gasteiger partial charge on any atom is 0.128 e. The van der Waals surface area contributed by atoms with Crippen molar-refractivity contribution in [2.24, 2.45) is 5.41 Å². The molecule has 0 N–H and O–H groups in total. The van der Waals surface area contributed by atoms with E-state index in [1.54, 1.807) is 0 Å². The molecule has 0 radical (unpaired) electrons. The topological polar surface area (TPSA) is 54.7 Å². The van der Waals surface area contributed by atoms with Gasteiger partial charge in [0.15, 0.2) is 0 Å². The van der Waals surface area contributed by atoms with Gasteiger partial charge >= 0.3 is 0 Å². The lowest BCUT2D eigenvalue weighted by Gasteiger charge is -2.55. The molecule has 2 fully saturated rings. The minimum absolute atomic E-state index is 0.372. The van der Waals surface area contributed by atoms with Gasteiger partial charge in [-0.15, -0.1) is 0 Å². The molecule has 0 atom stereocenters. The summed E-state index contributed by atoms with van der Waals surface area (Å²) < 4.78 is 18.7. The van der Waals surface area contributed by atoms with Crippen molar-refractivity contribution in [2.45, 2.75) is 45.9 Å². The number of nitrogens with zero attached hydrogens (tertiary/aromatic N) is 2. The van der Waals surface area contributed by atoms with Crippen molar-refractivity contribution in [3.8, 4) is 28.7 Å². The van der Waals surface area contributed by atoms with Crippen LogP contribution in [-0.4, -0.2) is 31.2 Å². The van der Waals surface area contributed by atoms with Gasteiger partial charge in [0.2, 0.25) is 0 Å². The Labute approximate surface area is 248 Å². The molecule has 1 aliphatic carbocycles. The third kappa shape index (κ3) is 5.17. The van der Waals surface area contributed by atoms with Gasteiger partial charge in [0.05, 0.1) is 24.8 Å². The van der Waals surface area contributed by atoms with Crippen molar-refractivity contribution in [1.29, 1.82) is 5.26 Å². The predicted octanol–water partition coefficient (Wildman–Crippen LogP) is 7.01. The first kappa shape index (κ1) is 26.8. The van der Waals surface area contributed by atoms with E-state index in [-0.39, 0.29) is 0 Å². The fourth-order valence-electron chi connectivity index (χ4n) is 6.85. The number of hydrogen-bond acceptors (Lipinski definition) is 5. The molecule has 5 heteroatoms. The lowest BCUT2D eigenvalue weighted by molar-refractivity contribution is -0.191. The fourth-order valence-corrected chi connectivity index (χ4v) is 6.85. The molecular weight excluding hydrogens is 520 g/mol. The Morgan fingerprint density at radius 1 is 0.857 bits per heavy atom. The lowest BCUT2D eigenvalue weighted by Crippen LogP contribution is -2.65. The zero-order valence-electron chi connectivity index (χ0n) is 24.2. The average Bonchev–Trinajstić information content (AvgIpc) is 3.48. The molecule has 2 aliphatic heterocycles. The number of likely N-dealkylation sites (tertiary alicyclic amines) is 1. The lowest BCUT2D eigenvalue weighted by atomic mass is 9.77. The number of hydrogen-bond donors (Lipinski definition) is 0. The summed E-state index contributed by atoms with van der Waals surface area (Å²) in [6.45, 7) is 7.94. The molecule has 5 nitrogen and oxygen atoms in total. The number of nitriles is 1. The van der Waals surface area contributed by atoms with Crippen LogP contribution in [0.25, 0.3) is 11.1 Å². The van der Waals surface area contributed by atoms with Crippen molar-refractivity contribution in [3.05, 3.63) is 118 Å². The Morgan fingerprint density at radius 3 is 2.43 bits per heavy atom. The number of benzene rings is 4. The van der Waals surface area contributed by atoms with Gasteiger partial charge in [0.1, 0.15) is 24.7 Å². The second-order valence-electron chi connectivity index (χ2n) is 12.1. The van der Waals surface area contributed by atoms with Gasteiger partial charge in [-0.05, 0) is 77.3 Å². The Hall–Kier alpha value is -4.11. The minimum Gasteiger partial charge on any atom is -0.488 e. The molecule has 3 aliphatic rings. The van der Waals surface area contributed by atoms with Crippen LogP contribution in [0.1, 0.15) is 45.4 Å². The summed E-state index contributed by atoms with van der Waals surface area (Å²) in [6, 6.07) is 29.1. The van der Waals surface area contributed by atoms with Crippen LogP contribution >= 0.6 is 0 Å². The largest absolute Gasteiger partial charge is 0.488 e. The highest BCUT2D eigenvalue weighted by atomic mass is 16.5. The minimum atomic E-state index is 0.372. The molecule has 4 aromatic rings. The van der Waals surface area contributed by atoms with E-state index in [1.165, 1.54) is 38.9 Å². The normalized spacial score (nSPS) is 16.8. The third-order valence-corrected chi connectivity index (χ3v) is 9.12. The summed E-state index contributed by atoms with van der Waals surface area (Å²) in [5.74, 6) is 1.83. The Morgan fingerprint density at radius 2 is 1.64 bits per heavy atom. The van der Waals surface area contributed by atoms with Crippen LogP contribution in [0.5, 0.6) is 11.5 Å². The Balaban J connectivity index is 1.17. The van der Waals surface area contributed by atoms with Gasteiger partial charge in [-0.25, -0.2) is 0 Å². The molecule has 0 amide bonds. The van der Waals surface area contributed by atoms with Crippen LogP contribution in [-0.2, 0) is 37.3 Å². The molecule has 42 heavy (non-hydrogen) atoms. The summed E-state index contributed by atoms with van der Waals surface area (Å²) in [6.07, 6.45) is 3.21. The molecule has 2 heterocycles. The summed E-state index contributed by atoms with van der Waals surface area (Å²) in [7, 11) is 0. The second kappa shape index (κ2) is 11.3. The summed E-state index contributed by atoms with van der Waals surface area (Å²) >= 11 is 0. The highest BCUT2D eigenvalue weighted by Gasteiger charge is 2.49. The standard InChI is InChI=1S/C37H36N2O3/c1-26-30(12-6-13-31(26)29-10-3-2-4-11-29)21-42-35-17-36(41-20-28-9-5-8-27(16-28)18-38)34(32-14-7-15-33(32)35)19-39-22-37(23-39)24-40-25-37/h2-6,8-13,16-17H,7,14-15,19-25H2,1H3. The second-order valence-corrected chi connectivity index (χ2v) is 12.1. The quantitative estimate of drug-likeness (QED) is 0.222. The molecule has 0 bridgehead atoms. The zero-order chi connectivity index (χ0) is 28.5. The van der Waals surface area contributed by atoms with Crippen molar-refractivity contribution in [3.63, 3.8) is 0 Å². The average molecular weight is 557 g/mol. The van der Waals surface area contributed by atoms with Gasteiger partial charge < -0.3 is 14.2 Å². The van der Waals surface area contributed by atoms with Crippen LogP contribution in [0.2, 0.25) is 0 Å². The van der Waals surface area contributed by atoms with E-state index in [0.717, 1.165) is 69.2 Å². The van der Waals surface area contributed by atoms with E-state index in [2.05, 4.69) is 72.5 Å². The fraction of sp³-hybridized carbons (Fsp3) is 0.324. The maximum atomic E-state index is 9.37. The monoisotopic (exact) mass is 556 g/mol. The molecule has 4 aromatic carbocycles. The smallest absolute Gasteiger partial charge is 0.128 e. The molecule has 0 unspecified atom stereocenters. The molecule has 212 valence electrons. The van der Waals surface area contributed by atoms with Crippen LogP contribution in [0, 0.1) is 23.7 Å². The van der Waals surface area contributed by atoms with Crippen LogP contribution in [0.15, 0.2) is 78.9 Å². The van der Waals surface area contributed by atoms with Crippen molar-refractivity contribution in [2.75, 3.05) is 26.3 Å². The van der Waals surface area contributed by atoms with E-state index in [4.69, 9.17) is 14.2 Å². The van der Waals surface area contributed by atoms with Gasteiger partial charge in [0, 0.05) is 36.7 Å². The number of ether oxygens (including phenoxy) is 3. The molecule has 0 aromatic heterocycles. The molecular formula is C37H36N2O3. The van der Waals surface area contributed by atoms with Gasteiger partial charge in [-0.3, -0.25) is 4.90 Å². The van der Waals surface area contributed by atoms with E-state index in [0.29, 0.717) is 24.2 Å². The maximum absolute atomic E-state index is 9.37. The summed E-state index contributed by atoms with van der Waals surface area (Å²) in [5.41, 5.74) is 10.9. The molecule has 1 spiro atoms. The highest BCUT2D eigenvalue weighted by molar-refractivity contribution is 5.68. The number of rotatable bonds is 9. The van der Waals surface area contributed by atoms with E-state index < -0.39 is 0 Å². The third-order valence-electron chi connectivity index (χ3n) is 9.12. The van der Waals surface area contributed by atoms with Gasteiger partial charge in [-0.2, -0.15) is 5.26 Å². The van der Waals surface area contributed by atoms with E-state index in [1.807, 2.05) is 24.3 Å². The van der Waals surface area contributed by atoms with Crippen molar-refractivity contribution < 1.29 is 14.2 Å². The number of fused-ring (bicyclic) bond motifs is 1.